The number of aryl methyl sites for hydroxylation is 2. The molecule has 2 aromatic rings. The highest BCUT2D eigenvalue weighted by Crippen LogP contribution is 2.12. The van der Waals surface area contributed by atoms with E-state index < -0.39 is 0 Å². The van der Waals surface area contributed by atoms with Crippen LogP contribution in [0.1, 0.15) is 23.4 Å². The SMILES string of the molecule is CCc1nccn1CCN1CCN(Cc2csc(C)n2)CC1. The zero-order chi connectivity index (χ0) is 15.4. The van der Waals surface area contributed by atoms with E-state index in [1.54, 1.807) is 11.3 Å². The van der Waals surface area contributed by atoms with E-state index in [2.05, 4.69) is 49.8 Å². The third kappa shape index (κ3) is 3.94. The fraction of sp³-hybridized carbons (Fsp3) is 0.625. The Bertz CT molecular complexity index is 583. The van der Waals surface area contributed by atoms with Gasteiger partial charge in [-0.25, -0.2) is 9.97 Å². The summed E-state index contributed by atoms with van der Waals surface area (Å²) in [6.07, 6.45) is 5.01. The van der Waals surface area contributed by atoms with Crippen LogP contribution in [-0.4, -0.2) is 57.1 Å². The van der Waals surface area contributed by atoms with E-state index in [0.29, 0.717) is 0 Å². The maximum absolute atomic E-state index is 4.57. The Labute approximate surface area is 136 Å². The topological polar surface area (TPSA) is 37.2 Å². The molecule has 0 amide bonds. The molecule has 0 aromatic carbocycles. The molecule has 0 aliphatic carbocycles. The summed E-state index contributed by atoms with van der Waals surface area (Å²) in [6.45, 7) is 12.0. The van der Waals surface area contributed by atoms with Crippen LogP contribution in [0.5, 0.6) is 0 Å². The molecule has 1 fully saturated rings. The van der Waals surface area contributed by atoms with Crippen molar-refractivity contribution in [1.29, 1.82) is 0 Å². The Kier molecular flexibility index (Phi) is 5.23. The van der Waals surface area contributed by atoms with Crippen molar-refractivity contribution in [3.05, 3.63) is 34.3 Å². The second-order valence-corrected chi connectivity index (χ2v) is 6.93. The van der Waals surface area contributed by atoms with Crippen LogP contribution in [0.4, 0.5) is 0 Å². The molecule has 0 bridgehead atoms. The number of nitrogens with zero attached hydrogens (tertiary/aromatic N) is 5. The lowest BCUT2D eigenvalue weighted by atomic mass is 10.3. The lowest BCUT2D eigenvalue weighted by molar-refractivity contribution is 0.123. The summed E-state index contributed by atoms with van der Waals surface area (Å²) in [7, 11) is 0. The van der Waals surface area contributed by atoms with E-state index >= 15 is 0 Å². The van der Waals surface area contributed by atoms with Crippen LogP contribution in [0.25, 0.3) is 0 Å². The van der Waals surface area contributed by atoms with Crippen LogP contribution in [0.15, 0.2) is 17.8 Å². The van der Waals surface area contributed by atoms with Crippen LogP contribution in [0.3, 0.4) is 0 Å². The largest absolute Gasteiger partial charge is 0.334 e. The van der Waals surface area contributed by atoms with Crippen molar-refractivity contribution in [1.82, 2.24) is 24.3 Å². The van der Waals surface area contributed by atoms with Crippen molar-refractivity contribution in [2.75, 3.05) is 32.7 Å². The standard InChI is InChI=1S/C16H25N5S/c1-3-16-17-4-5-21(16)11-10-19-6-8-20(9-7-19)12-15-13-22-14(2)18-15/h4-5,13H,3,6-12H2,1-2H3. The van der Waals surface area contributed by atoms with Crippen molar-refractivity contribution >= 4 is 11.3 Å². The first-order valence-corrected chi connectivity index (χ1v) is 8.98. The predicted octanol–water partition coefficient (Wildman–Crippen LogP) is 2.03. The van der Waals surface area contributed by atoms with Crippen molar-refractivity contribution < 1.29 is 0 Å². The normalized spacial score (nSPS) is 17.2. The minimum Gasteiger partial charge on any atom is -0.334 e. The molecule has 0 radical (unpaired) electrons. The molecular formula is C16H25N5S. The maximum Gasteiger partial charge on any atom is 0.108 e. The Morgan fingerprint density at radius 1 is 1.14 bits per heavy atom. The monoisotopic (exact) mass is 319 g/mol. The third-order valence-corrected chi connectivity index (χ3v) is 5.11. The molecule has 1 aliphatic heterocycles. The highest BCUT2D eigenvalue weighted by atomic mass is 32.1. The molecule has 1 aliphatic rings. The van der Waals surface area contributed by atoms with Crippen molar-refractivity contribution in [2.45, 2.75) is 33.4 Å². The Balaban J connectivity index is 1.42. The second-order valence-electron chi connectivity index (χ2n) is 5.87. The van der Waals surface area contributed by atoms with E-state index in [9.17, 15) is 0 Å². The van der Waals surface area contributed by atoms with Gasteiger partial charge in [0.05, 0.1) is 10.7 Å². The molecule has 0 atom stereocenters. The number of imidazole rings is 1. The number of thiazole rings is 1. The minimum absolute atomic E-state index is 1.000. The summed E-state index contributed by atoms with van der Waals surface area (Å²) < 4.78 is 2.28. The molecule has 0 unspecified atom stereocenters. The zero-order valence-electron chi connectivity index (χ0n) is 13.5. The van der Waals surface area contributed by atoms with Crippen LogP contribution in [0.2, 0.25) is 0 Å². The molecule has 3 rings (SSSR count). The van der Waals surface area contributed by atoms with Gasteiger partial charge in [0, 0.05) is 70.0 Å². The quantitative estimate of drug-likeness (QED) is 0.816. The zero-order valence-corrected chi connectivity index (χ0v) is 14.3. The smallest absolute Gasteiger partial charge is 0.108 e. The van der Waals surface area contributed by atoms with E-state index in [1.165, 1.54) is 16.5 Å². The van der Waals surface area contributed by atoms with E-state index in [-0.39, 0.29) is 0 Å². The van der Waals surface area contributed by atoms with E-state index in [0.717, 1.165) is 52.2 Å². The van der Waals surface area contributed by atoms with Gasteiger partial charge in [0.15, 0.2) is 0 Å². The fourth-order valence-electron chi connectivity index (χ4n) is 2.99. The highest BCUT2D eigenvalue weighted by molar-refractivity contribution is 7.09. The van der Waals surface area contributed by atoms with Crippen molar-refractivity contribution in [2.24, 2.45) is 0 Å². The van der Waals surface area contributed by atoms with Crippen LogP contribution in [0, 0.1) is 6.92 Å². The van der Waals surface area contributed by atoms with Crippen molar-refractivity contribution in [3.8, 4) is 0 Å². The predicted molar refractivity (Wildman–Crippen MR) is 90.2 cm³/mol. The first-order valence-electron chi connectivity index (χ1n) is 8.10. The summed E-state index contributed by atoms with van der Waals surface area (Å²) in [5.74, 6) is 1.19. The summed E-state index contributed by atoms with van der Waals surface area (Å²) >= 11 is 1.75. The van der Waals surface area contributed by atoms with Crippen LogP contribution in [-0.2, 0) is 19.5 Å². The van der Waals surface area contributed by atoms with E-state index in [1.807, 2.05) is 6.20 Å². The number of hydrogen-bond acceptors (Lipinski definition) is 5. The lowest BCUT2D eigenvalue weighted by Crippen LogP contribution is -2.46. The summed E-state index contributed by atoms with van der Waals surface area (Å²) in [5, 5.41) is 3.35. The second kappa shape index (κ2) is 7.35. The third-order valence-electron chi connectivity index (χ3n) is 4.29. The summed E-state index contributed by atoms with van der Waals surface area (Å²) in [5.41, 5.74) is 1.22. The van der Waals surface area contributed by atoms with Crippen LogP contribution < -0.4 is 0 Å². The van der Waals surface area contributed by atoms with Gasteiger partial charge in [-0.3, -0.25) is 9.80 Å². The van der Waals surface area contributed by atoms with Gasteiger partial charge in [-0.15, -0.1) is 11.3 Å². The number of rotatable bonds is 6. The van der Waals surface area contributed by atoms with Crippen LogP contribution >= 0.6 is 11.3 Å². The van der Waals surface area contributed by atoms with E-state index in [4.69, 9.17) is 0 Å². The fourth-order valence-corrected chi connectivity index (χ4v) is 3.59. The average molecular weight is 319 g/mol. The first-order chi connectivity index (χ1) is 10.7. The first kappa shape index (κ1) is 15.6. The molecule has 2 aromatic heterocycles. The Morgan fingerprint density at radius 3 is 2.59 bits per heavy atom. The Morgan fingerprint density at radius 2 is 1.91 bits per heavy atom. The number of hydrogen-bond donors (Lipinski definition) is 0. The number of piperazine rings is 1. The molecule has 6 heteroatoms. The molecule has 1 saturated heterocycles. The van der Waals surface area contributed by atoms with Gasteiger partial charge in [-0.05, 0) is 6.92 Å². The molecule has 0 spiro atoms. The minimum atomic E-state index is 1.000. The Hall–Kier alpha value is -1.24. The summed E-state index contributed by atoms with van der Waals surface area (Å²) in [6, 6.07) is 0. The average Bonchev–Trinajstić information content (AvgIpc) is 3.15. The van der Waals surface area contributed by atoms with Gasteiger partial charge in [-0.2, -0.15) is 0 Å². The molecule has 0 N–H and O–H groups in total. The highest BCUT2D eigenvalue weighted by Gasteiger charge is 2.17. The lowest BCUT2D eigenvalue weighted by Gasteiger charge is -2.34. The van der Waals surface area contributed by atoms with Gasteiger partial charge in [0.25, 0.3) is 0 Å². The molecule has 22 heavy (non-hydrogen) atoms. The maximum atomic E-state index is 4.57. The van der Waals surface area contributed by atoms with Gasteiger partial charge in [0.1, 0.15) is 5.82 Å². The molecule has 3 heterocycles. The molecule has 0 saturated carbocycles. The van der Waals surface area contributed by atoms with Gasteiger partial charge in [0.2, 0.25) is 0 Å². The van der Waals surface area contributed by atoms with Gasteiger partial charge >= 0.3 is 0 Å². The summed E-state index contributed by atoms with van der Waals surface area (Å²) in [4.78, 5) is 14.0. The van der Waals surface area contributed by atoms with Crippen molar-refractivity contribution in [3.63, 3.8) is 0 Å². The molecule has 120 valence electrons. The van der Waals surface area contributed by atoms with Gasteiger partial charge in [-0.1, -0.05) is 6.92 Å². The number of aromatic nitrogens is 3. The van der Waals surface area contributed by atoms with Gasteiger partial charge < -0.3 is 4.57 Å². The molecular weight excluding hydrogens is 294 g/mol. The molecule has 5 nitrogen and oxygen atoms in total.